The first-order valence-electron chi connectivity index (χ1n) is 7.51. The number of alkyl halides is 2. The molecule has 5 nitrogen and oxygen atoms in total. The van der Waals surface area contributed by atoms with Gasteiger partial charge in [0.25, 0.3) is 11.7 Å². The van der Waals surface area contributed by atoms with Gasteiger partial charge in [-0.05, 0) is 43.0 Å². The monoisotopic (exact) mass is 415 g/mol. The zero-order chi connectivity index (χ0) is 19.9. The lowest BCUT2D eigenvalue weighted by molar-refractivity contribution is -0.131. The van der Waals surface area contributed by atoms with E-state index in [1.165, 1.54) is 25.1 Å². The Hall–Kier alpha value is -2.46. The molecular weight excluding hydrogens is 403 g/mol. The van der Waals surface area contributed by atoms with Crippen molar-refractivity contribution in [2.45, 2.75) is 23.8 Å². The van der Waals surface area contributed by atoms with Crippen LogP contribution in [0.25, 0.3) is 10.9 Å². The summed E-state index contributed by atoms with van der Waals surface area (Å²) < 4.78 is 45.9. The molecule has 0 aliphatic rings. The summed E-state index contributed by atoms with van der Waals surface area (Å²) in [5, 5.41) is 9.42. The Morgan fingerprint density at radius 1 is 1.26 bits per heavy atom. The van der Waals surface area contributed by atoms with Crippen LogP contribution in [0.3, 0.4) is 0 Å². The van der Waals surface area contributed by atoms with Crippen LogP contribution < -0.4 is 4.74 Å². The highest BCUT2D eigenvalue weighted by molar-refractivity contribution is 8.01. The van der Waals surface area contributed by atoms with E-state index in [4.69, 9.17) is 4.74 Å². The number of thioether (sulfide) groups is 1. The molecule has 142 valence electrons. The fourth-order valence-corrected chi connectivity index (χ4v) is 4.32. The Kier molecular flexibility index (Phi) is 5.20. The van der Waals surface area contributed by atoms with Crippen molar-refractivity contribution in [2.75, 3.05) is 0 Å². The molecule has 0 spiro atoms. The lowest BCUT2D eigenvalue weighted by Crippen LogP contribution is -2.12. The molecule has 0 aliphatic heterocycles. The number of aromatic nitrogens is 1. The molecule has 0 amide bonds. The first kappa shape index (κ1) is 19.3. The van der Waals surface area contributed by atoms with Crippen LogP contribution in [0.5, 0.6) is 11.5 Å². The van der Waals surface area contributed by atoms with Gasteiger partial charge in [-0.1, -0.05) is 0 Å². The van der Waals surface area contributed by atoms with Gasteiger partial charge in [0.1, 0.15) is 0 Å². The molecule has 0 saturated carbocycles. The number of hydrogen-bond acceptors (Lipinski definition) is 6. The summed E-state index contributed by atoms with van der Waals surface area (Å²) in [4.78, 5) is 24.5. The van der Waals surface area contributed by atoms with Gasteiger partial charge < -0.3 is 9.84 Å². The lowest BCUT2D eigenvalue weighted by atomic mass is 10.2. The van der Waals surface area contributed by atoms with E-state index in [0.717, 1.165) is 28.9 Å². The molecule has 0 aliphatic carbocycles. The summed E-state index contributed by atoms with van der Waals surface area (Å²) in [6, 6.07) is 5.18. The van der Waals surface area contributed by atoms with E-state index < -0.39 is 29.2 Å². The maximum absolute atomic E-state index is 14.5. The van der Waals surface area contributed by atoms with Crippen molar-refractivity contribution in [3.63, 3.8) is 0 Å². The number of benzene rings is 1. The quantitative estimate of drug-likeness (QED) is 0.490. The maximum atomic E-state index is 14.5. The number of fused-ring (bicyclic) bond motifs is 1. The molecule has 10 heteroatoms. The number of phenols is 1. The minimum Gasteiger partial charge on any atom is -0.505 e. The first-order valence-corrected chi connectivity index (χ1v) is 9.20. The molecule has 0 radical (unpaired) electrons. The molecule has 0 bridgehead atoms. The summed E-state index contributed by atoms with van der Waals surface area (Å²) in [6.45, 7) is 2.58. The van der Waals surface area contributed by atoms with Crippen molar-refractivity contribution in [1.82, 2.24) is 4.57 Å². The topological polar surface area (TPSA) is 68.5 Å². The molecule has 0 atom stereocenters. The van der Waals surface area contributed by atoms with Crippen LogP contribution in [0.4, 0.5) is 13.2 Å². The minimum absolute atomic E-state index is 0.0838. The molecule has 0 unspecified atom stereocenters. The molecule has 0 saturated heterocycles. The maximum Gasteiger partial charge on any atom is 0.308 e. The van der Waals surface area contributed by atoms with Crippen LogP contribution in [0.15, 0.2) is 28.5 Å². The Labute approximate surface area is 159 Å². The van der Waals surface area contributed by atoms with Crippen LogP contribution >= 0.6 is 23.1 Å². The van der Waals surface area contributed by atoms with Crippen molar-refractivity contribution in [1.29, 1.82) is 0 Å². The molecule has 27 heavy (non-hydrogen) atoms. The second-order valence-electron chi connectivity index (χ2n) is 5.44. The van der Waals surface area contributed by atoms with Crippen molar-refractivity contribution >= 4 is 45.9 Å². The van der Waals surface area contributed by atoms with Crippen LogP contribution in [-0.2, 0) is 4.79 Å². The Bertz CT molecular complexity index is 1060. The first-order chi connectivity index (χ1) is 12.7. The van der Waals surface area contributed by atoms with E-state index in [0.29, 0.717) is 11.8 Å². The third-order valence-corrected chi connectivity index (χ3v) is 5.63. The van der Waals surface area contributed by atoms with Gasteiger partial charge in [-0.2, -0.15) is 8.78 Å². The number of ether oxygens (including phenoxy) is 1. The number of carbonyl (C=O) groups is 2. The van der Waals surface area contributed by atoms with Gasteiger partial charge in [0.15, 0.2) is 17.3 Å². The highest BCUT2D eigenvalue weighted by atomic mass is 32.2. The highest BCUT2D eigenvalue weighted by Crippen LogP contribution is 2.39. The Balaban J connectivity index is 2.18. The standard InChI is InChI=1S/C17H12F3NO4S2/c1-7-15(25-8(2)22)13-9(3-4-10(23)14(13)18)21(7)16(24)11-5-6-12(26-11)27-17(19)20/h3-6,17,23H,1-2H3. The second-order valence-corrected chi connectivity index (χ2v) is 7.81. The smallest absolute Gasteiger partial charge is 0.308 e. The molecule has 2 heterocycles. The second kappa shape index (κ2) is 7.28. The average molecular weight is 415 g/mol. The van der Waals surface area contributed by atoms with Gasteiger partial charge in [0.2, 0.25) is 0 Å². The number of hydrogen-bond donors (Lipinski definition) is 1. The normalized spacial score (nSPS) is 11.3. The third kappa shape index (κ3) is 3.54. The summed E-state index contributed by atoms with van der Waals surface area (Å²) >= 11 is 1.19. The van der Waals surface area contributed by atoms with Gasteiger partial charge >= 0.3 is 5.97 Å². The average Bonchev–Trinajstić information content (AvgIpc) is 3.13. The van der Waals surface area contributed by atoms with E-state index in [2.05, 4.69) is 0 Å². The van der Waals surface area contributed by atoms with E-state index in [-0.39, 0.29) is 31.4 Å². The van der Waals surface area contributed by atoms with Crippen molar-refractivity contribution in [3.8, 4) is 11.5 Å². The number of carbonyl (C=O) groups excluding carboxylic acids is 2. The SMILES string of the molecule is CC(=O)Oc1c(C)n(C(=O)c2ccc(SC(F)F)s2)c2ccc(O)c(F)c12. The number of nitrogens with zero attached hydrogens (tertiary/aromatic N) is 1. The van der Waals surface area contributed by atoms with Gasteiger partial charge in [0.05, 0.1) is 25.7 Å². The van der Waals surface area contributed by atoms with Crippen LogP contribution in [0.1, 0.15) is 22.3 Å². The molecule has 1 N–H and O–H groups in total. The highest BCUT2D eigenvalue weighted by Gasteiger charge is 2.26. The zero-order valence-electron chi connectivity index (χ0n) is 14.0. The minimum atomic E-state index is -2.62. The molecule has 2 aromatic heterocycles. The number of thiophene rings is 1. The Morgan fingerprint density at radius 2 is 1.96 bits per heavy atom. The summed E-state index contributed by atoms with van der Waals surface area (Å²) in [7, 11) is 0. The van der Waals surface area contributed by atoms with Gasteiger partial charge in [0, 0.05) is 6.92 Å². The predicted octanol–water partition coefficient (Wildman–Crippen LogP) is 4.78. The summed E-state index contributed by atoms with van der Waals surface area (Å²) in [6.07, 6.45) is 0. The summed E-state index contributed by atoms with van der Waals surface area (Å²) in [5.41, 5.74) is 0.228. The van der Waals surface area contributed by atoms with Gasteiger partial charge in [-0.3, -0.25) is 14.2 Å². The van der Waals surface area contributed by atoms with E-state index in [1.807, 2.05) is 0 Å². The van der Waals surface area contributed by atoms with Crippen LogP contribution in [0, 0.1) is 12.7 Å². The van der Waals surface area contributed by atoms with Gasteiger partial charge in [-0.25, -0.2) is 4.39 Å². The molecular formula is C17H12F3NO4S2. The predicted molar refractivity (Wildman–Crippen MR) is 95.5 cm³/mol. The fraction of sp³-hybridized carbons (Fsp3) is 0.176. The molecule has 3 rings (SSSR count). The zero-order valence-corrected chi connectivity index (χ0v) is 15.6. The molecule has 3 aromatic rings. The number of phenolic OH excluding ortho intramolecular Hbond substituents is 1. The number of aromatic hydroxyl groups is 1. The number of esters is 1. The van der Waals surface area contributed by atoms with Crippen LogP contribution in [-0.4, -0.2) is 27.3 Å². The number of halogens is 3. The van der Waals surface area contributed by atoms with Crippen molar-refractivity contribution < 1.29 is 32.6 Å². The third-order valence-electron chi connectivity index (χ3n) is 3.68. The van der Waals surface area contributed by atoms with E-state index in [9.17, 15) is 27.9 Å². The van der Waals surface area contributed by atoms with Gasteiger partial charge in [-0.15, -0.1) is 11.3 Å². The molecule has 1 aromatic carbocycles. The fourth-order valence-electron chi connectivity index (χ4n) is 2.65. The number of rotatable bonds is 4. The molecule has 0 fully saturated rings. The largest absolute Gasteiger partial charge is 0.505 e. The Morgan fingerprint density at radius 3 is 2.59 bits per heavy atom. The van der Waals surface area contributed by atoms with Crippen molar-refractivity contribution in [3.05, 3.63) is 40.7 Å². The lowest BCUT2D eigenvalue weighted by Gasteiger charge is -2.05. The van der Waals surface area contributed by atoms with E-state index >= 15 is 0 Å². The van der Waals surface area contributed by atoms with Crippen LogP contribution in [0.2, 0.25) is 0 Å². The summed E-state index contributed by atoms with van der Waals surface area (Å²) in [5.74, 6) is -5.80. The van der Waals surface area contributed by atoms with Crippen molar-refractivity contribution in [2.24, 2.45) is 0 Å². The van der Waals surface area contributed by atoms with E-state index in [1.54, 1.807) is 0 Å².